The minimum absolute atomic E-state index is 0.178. The number of hydrogen-bond acceptors (Lipinski definition) is 3. The molecule has 4 nitrogen and oxygen atoms in total. The van der Waals surface area contributed by atoms with Gasteiger partial charge in [0.25, 0.3) is 0 Å². The number of rotatable bonds is 4. The number of benzene rings is 1. The predicted molar refractivity (Wildman–Crippen MR) is 76.9 cm³/mol. The summed E-state index contributed by atoms with van der Waals surface area (Å²) in [7, 11) is 1.62. The zero-order valence-corrected chi connectivity index (χ0v) is 11.8. The van der Waals surface area contributed by atoms with E-state index in [-0.39, 0.29) is 5.91 Å². The third-order valence-corrected chi connectivity index (χ3v) is 3.92. The number of anilines is 1. The van der Waals surface area contributed by atoms with E-state index in [2.05, 4.69) is 11.4 Å². The number of carbonyl (C=O) groups excluding carboxylic acids is 1. The Morgan fingerprint density at radius 2 is 2.05 bits per heavy atom. The topological polar surface area (TPSA) is 62.1 Å². The second kappa shape index (κ2) is 6.53. The third-order valence-electron chi connectivity index (χ3n) is 3.92. The number of nitriles is 1. The molecule has 0 unspecified atom stereocenters. The van der Waals surface area contributed by atoms with E-state index in [1.54, 1.807) is 7.11 Å². The lowest BCUT2D eigenvalue weighted by Gasteiger charge is -2.29. The van der Waals surface area contributed by atoms with Crippen molar-refractivity contribution < 1.29 is 9.53 Å². The summed E-state index contributed by atoms with van der Waals surface area (Å²) in [4.78, 5) is 12.5. The Morgan fingerprint density at radius 3 is 2.70 bits per heavy atom. The summed E-state index contributed by atoms with van der Waals surface area (Å²) in [6, 6.07) is 9.79. The molecule has 106 valence electrons. The average molecular weight is 272 g/mol. The maximum Gasteiger partial charge on any atom is 0.244 e. The fourth-order valence-electron chi connectivity index (χ4n) is 2.71. The molecule has 0 spiro atoms. The Kier molecular flexibility index (Phi) is 4.75. The number of amides is 1. The van der Waals surface area contributed by atoms with Gasteiger partial charge in [-0.3, -0.25) is 4.79 Å². The van der Waals surface area contributed by atoms with E-state index in [4.69, 9.17) is 4.74 Å². The lowest BCUT2D eigenvalue weighted by atomic mass is 9.74. The van der Waals surface area contributed by atoms with Crippen molar-refractivity contribution in [3.05, 3.63) is 29.8 Å². The molecule has 0 heterocycles. The van der Waals surface area contributed by atoms with Crippen LogP contribution in [0.15, 0.2) is 24.3 Å². The number of nitrogens with zero attached hydrogens (tertiary/aromatic N) is 1. The van der Waals surface area contributed by atoms with Crippen LogP contribution >= 0.6 is 0 Å². The molecule has 1 aromatic carbocycles. The summed E-state index contributed by atoms with van der Waals surface area (Å²) in [6.45, 7) is 0.440. The van der Waals surface area contributed by atoms with Gasteiger partial charge in [0.05, 0.1) is 12.7 Å². The molecule has 0 saturated heterocycles. The van der Waals surface area contributed by atoms with Crippen molar-refractivity contribution >= 4 is 11.6 Å². The molecule has 1 aliphatic rings. The molecule has 1 fully saturated rings. The van der Waals surface area contributed by atoms with Gasteiger partial charge >= 0.3 is 0 Å². The number of ether oxygens (including phenoxy) is 1. The van der Waals surface area contributed by atoms with Gasteiger partial charge in [-0.2, -0.15) is 5.26 Å². The molecule has 2 rings (SSSR count). The maximum absolute atomic E-state index is 12.5. The van der Waals surface area contributed by atoms with Crippen molar-refractivity contribution in [1.82, 2.24) is 0 Å². The molecule has 0 bridgehead atoms. The van der Waals surface area contributed by atoms with Gasteiger partial charge in [-0.1, -0.05) is 37.5 Å². The van der Waals surface area contributed by atoms with Crippen LogP contribution in [0.3, 0.4) is 0 Å². The number of methoxy groups -OCH3 is 1. The van der Waals surface area contributed by atoms with Gasteiger partial charge in [-0.15, -0.1) is 0 Å². The number of hydrogen-bond donors (Lipinski definition) is 1. The van der Waals surface area contributed by atoms with Gasteiger partial charge in [0.1, 0.15) is 5.41 Å². The first-order chi connectivity index (χ1) is 9.72. The molecule has 0 radical (unpaired) electrons. The first-order valence-corrected chi connectivity index (χ1v) is 7.01. The third kappa shape index (κ3) is 3.00. The van der Waals surface area contributed by atoms with Crippen molar-refractivity contribution in [2.75, 3.05) is 12.4 Å². The summed E-state index contributed by atoms with van der Waals surface area (Å²) < 4.78 is 5.13. The van der Waals surface area contributed by atoms with Crippen molar-refractivity contribution in [3.8, 4) is 6.07 Å². The van der Waals surface area contributed by atoms with Gasteiger partial charge in [0.2, 0.25) is 5.91 Å². The van der Waals surface area contributed by atoms with E-state index in [0.717, 1.165) is 30.5 Å². The smallest absolute Gasteiger partial charge is 0.244 e. The van der Waals surface area contributed by atoms with Gasteiger partial charge in [-0.25, -0.2) is 0 Å². The fraction of sp³-hybridized carbons (Fsp3) is 0.500. The molecule has 1 N–H and O–H groups in total. The lowest BCUT2D eigenvalue weighted by molar-refractivity contribution is -0.124. The highest BCUT2D eigenvalue weighted by Crippen LogP contribution is 2.37. The second-order valence-electron chi connectivity index (χ2n) is 5.30. The van der Waals surface area contributed by atoms with Gasteiger partial charge in [0, 0.05) is 18.4 Å². The summed E-state index contributed by atoms with van der Waals surface area (Å²) in [6.07, 6.45) is 4.31. The zero-order valence-electron chi connectivity index (χ0n) is 11.8. The molecular weight excluding hydrogens is 252 g/mol. The molecule has 0 atom stereocenters. The summed E-state index contributed by atoms with van der Waals surface area (Å²) in [5.41, 5.74) is 0.796. The second-order valence-corrected chi connectivity index (χ2v) is 5.30. The van der Waals surface area contributed by atoms with Crippen LogP contribution in [0.4, 0.5) is 5.69 Å². The van der Waals surface area contributed by atoms with E-state index < -0.39 is 5.41 Å². The molecule has 1 saturated carbocycles. The molecule has 0 aliphatic heterocycles. The minimum atomic E-state index is -0.863. The van der Waals surface area contributed by atoms with Crippen molar-refractivity contribution in [3.63, 3.8) is 0 Å². The number of carbonyl (C=O) groups is 1. The standard InChI is InChI=1S/C16H20N2O2/c1-20-11-13-7-3-4-8-14(13)18-15(19)16(12-17)9-5-2-6-10-16/h3-4,7-8H,2,5-6,9-11H2,1H3,(H,18,19). The van der Waals surface area contributed by atoms with Crippen LogP contribution in [0.5, 0.6) is 0 Å². The SMILES string of the molecule is COCc1ccccc1NC(=O)C1(C#N)CCCCC1. The van der Waals surface area contributed by atoms with E-state index in [1.807, 2.05) is 24.3 Å². The molecule has 0 aromatic heterocycles. The van der Waals surface area contributed by atoms with Crippen LogP contribution in [0.25, 0.3) is 0 Å². The average Bonchev–Trinajstić information content (AvgIpc) is 2.50. The Labute approximate surface area is 119 Å². The van der Waals surface area contributed by atoms with Crippen molar-refractivity contribution in [2.45, 2.75) is 38.7 Å². The van der Waals surface area contributed by atoms with Gasteiger partial charge < -0.3 is 10.1 Å². The van der Waals surface area contributed by atoms with Crippen LogP contribution in [-0.2, 0) is 16.1 Å². The molecular formula is C16H20N2O2. The van der Waals surface area contributed by atoms with Crippen molar-refractivity contribution in [2.24, 2.45) is 5.41 Å². The summed E-state index contributed by atoms with van der Waals surface area (Å²) >= 11 is 0. The van der Waals surface area contributed by atoms with Gasteiger partial charge in [-0.05, 0) is 18.9 Å². The Balaban J connectivity index is 2.17. The van der Waals surface area contributed by atoms with Crippen LogP contribution in [0.1, 0.15) is 37.7 Å². The van der Waals surface area contributed by atoms with Crippen LogP contribution in [0.2, 0.25) is 0 Å². The van der Waals surface area contributed by atoms with E-state index >= 15 is 0 Å². The predicted octanol–water partition coefficient (Wildman–Crippen LogP) is 3.25. The highest BCUT2D eigenvalue weighted by atomic mass is 16.5. The van der Waals surface area contributed by atoms with Crippen LogP contribution in [0, 0.1) is 16.7 Å². The van der Waals surface area contributed by atoms with Crippen LogP contribution < -0.4 is 5.32 Å². The number of nitrogens with one attached hydrogen (secondary N) is 1. The molecule has 20 heavy (non-hydrogen) atoms. The Hall–Kier alpha value is -1.86. The van der Waals surface area contributed by atoms with Gasteiger partial charge in [0.15, 0.2) is 0 Å². The highest BCUT2D eigenvalue weighted by molar-refractivity contribution is 5.97. The van der Waals surface area contributed by atoms with E-state index in [0.29, 0.717) is 19.4 Å². The zero-order chi connectivity index (χ0) is 14.4. The minimum Gasteiger partial charge on any atom is -0.380 e. The normalized spacial score (nSPS) is 17.2. The molecule has 1 aliphatic carbocycles. The lowest BCUT2D eigenvalue weighted by Crippen LogP contribution is -2.37. The first-order valence-electron chi connectivity index (χ1n) is 7.01. The quantitative estimate of drug-likeness (QED) is 0.915. The fourth-order valence-corrected chi connectivity index (χ4v) is 2.71. The van der Waals surface area contributed by atoms with E-state index in [1.165, 1.54) is 0 Å². The molecule has 1 aromatic rings. The molecule has 4 heteroatoms. The highest BCUT2D eigenvalue weighted by Gasteiger charge is 2.39. The summed E-state index contributed by atoms with van der Waals surface area (Å²) in [5.74, 6) is -0.178. The monoisotopic (exact) mass is 272 g/mol. The number of para-hydroxylation sites is 1. The first kappa shape index (κ1) is 14.5. The Morgan fingerprint density at radius 1 is 1.35 bits per heavy atom. The largest absolute Gasteiger partial charge is 0.380 e. The van der Waals surface area contributed by atoms with Crippen LogP contribution in [-0.4, -0.2) is 13.0 Å². The summed E-state index contributed by atoms with van der Waals surface area (Å²) in [5, 5.41) is 12.3. The van der Waals surface area contributed by atoms with E-state index in [9.17, 15) is 10.1 Å². The molecule has 1 amide bonds. The maximum atomic E-state index is 12.5. The van der Waals surface area contributed by atoms with Crippen molar-refractivity contribution in [1.29, 1.82) is 5.26 Å². The Bertz CT molecular complexity index is 513.